The van der Waals surface area contributed by atoms with Gasteiger partial charge in [-0.1, -0.05) is 12.1 Å². The third-order valence-electron chi connectivity index (χ3n) is 4.10. The quantitative estimate of drug-likeness (QED) is 0.744. The van der Waals surface area contributed by atoms with Crippen LogP contribution in [-0.4, -0.2) is 30.2 Å². The summed E-state index contributed by atoms with van der Waals surface area (Å²) < 4.78 is 5.19. The minimum Gasteiger partial charge on any atom is -0.497 e. The average Bonchev–Trinajstić information content (AvgIpc) is 3.44. The number of ether oxygens (including phenoxy) is 1. The van der Waals surface area contributed by atoms with E-state index in [0.717, 1.165) is 29.7 Å². The normalized spacial score (nSPS) is 13.7. The van der Waals surface area contributed by atoms with E-state index in [1.54, 1.807) is 18.9 Å². The van der Waals surface area contributed by atoms with Gasteiger partial charge in [0.25, 0.3) is 5.91 Å². The highest BCUT2D eigenvalue weighted by molar-refractivity contribution is 7.98. The molecule has 0 atom stereocenters. The first-order valence-corrected chi connectivity index (χ1v) is 9.01. The van der Waals surface area contributed by atoms with Crippen molar-refractivity contribution in [2.75, 3.05) is 13.4 Å². The van der Waals surface area contributed by atoms with Gasteiger partial charge in [0.2, 0.25) is 0 Å². The summed E-state index contributed by atoms with van der Waals surface area (Å²) in [5.74, 6) is 0.960. The Labute approximate surface area is 141 Å². The Bertz CT molecular complexity index is 663. The van der Waals surface area contributed by atoms with Crippen LogP contribution in [0.5, 0.6) is 5.75 Å². The van der Waals surface area contributed by atoms with Gasteiger partial charge >= 0.3 is 0 Å². The predicted molar refractivity (Wildman–Crippen MR) is 94.1 cm³/mol. The molecular weight excluding hydrogens is 306 g/mol. The Morgan fingerprint density at radius 1 is 1.13 bits per heavy atom. The number of methoxy groups -OCH3 is 1. The Hall–Kier alpha value is -1.94. The van der Waals surface area contributed by atoms with E-state index >= 15 is 0 Å². The van der Waals surface area contributed by atoms with Crippen molar-refractivity contribution in [1.29, 1.82) is 0 Å². The molecule has 120 valence electrons. The van der Waals surface area contributed by atoms with Gasteiger partial charge in [0, 0.05) is 23.0 Å². The summed E-state index contributed by atoms with van der Waals surface area (Å²) >= 11 is 1.69. The fourth-order valence-electron chi connectivity index (χ4n) is 2.58. The Morgan fingerprint density at radius 3 is 2.30 bits per heavy atom. The molecular formula is C19H21NO2S. The number of thioether (sulfide) groups is 1. The van der Waals surface area contributed by atoms with E-state index in [4.69, 9.17) is 4.74 Å². The van der Waals surface area contributed by atoms with Crippen molar-refractivity contribution in [1.82, 2.24) is 4.90 Å². The van der Waals surface area contributed by atoms with Crippen molar-refractivity contribution >= 4 is 17.7 Å². The van der Waals surface area contributed by atoms with Gasteiger partial charge in [0.05, 0.1) is 7.11 Å². The molecule has 0 unspecified atom stereocenters. The lowest BCUT2D eigenvalue weighted by molar-refractivity contribution is 0.0730. The SMILES string of the molecule is COc1ccc(CN(C(=O)c2ccc(SC)cc2)C2CC2)cc1. The molecule has 3 rings (SSSR count). The molecule has 1 aliphatic carbocycles. The summed E-state index contributed by atoms with van der Waals surface area (Å²) in [7, 11) is 1.66. The van der Waals surface area contributed by atoms with Crippen LogP contribution in [0.15, 0.2) is 53.4 Å². The van der Waals surface area contributed by atoms with Crippen LogP contribution in [0.2, 0.25) is 0 Å². The highest BCUT2D eigenvalue weighted by atomic mass is 32.2. The van der Waals surface area contributed by atoms with E-state index in [0.29, 0.717) is 12.6 Å². The van der Waals surface area contributed by atoms with Gasteiger partial charge in [-0.3, -0.25) is 4.79 Å². The summed E-state index contributed by atoms with van der Waals surface area (Å²) in [6.07, 6.45) is 4.24. The summed E-state index contributed by atoms with van der Waals surface area (Å²) in [6, 6.07) is 16.2. The molecule has 2 aromatic carbocycles. The highest BCUT2D eigenvalue weighted by Gasteiger charge is 2.33. The Morgan fingerprint density at radius 2 is 1.78 bits per heavy atom. The van der Waals surface area contributed by atoms with Crippen LogP contribution in [0.25, 0.3) is 0 Å². The number of nitrogens with zero attached hydrogens (tertiary/aromatic N) is 1. The van der Waals surface area contributed by atoms with E-state index in [9.17, 15) is 4.79 Å². The molecule has 0 spiro atoms. The maximum Gasteiger partial charge on any atom is 0.254 e. The van der Waals surface area contributed by atoms with Crippen molar-refractivity contribution in [2.45, 2.75) is 30.3 Å². The molecule has 0 aliphatic heterocycles. The minimum atomic E-state index is 0.121. The van der Waals surface area contributed by atoms with Crippen molar-refractivity contribution in [2.24, 2.45) is 0 Å². The monoisotopic (exact) mass is 327 g/mol. The number of benzene rings is 2. The molecule has 23 heavy (non-hydrogen) atoms. The fraction of sp³-hybridized carbons (Fsp3) is 0.316. The largest absolute Gasteiger partial charge is 0.497 e. The molecule has 0 saturated heterocycles. The maximum absolute atomic E-state index is 12.8. The van der Waals surface area contributed by atoms with Crippen molar-refractivity contribution < 1.29 is 9.53 Å². The number of carbonyl (C=O) groups is 1. The number of rotatable bonds is 6. The standard InChI is InChI=1S/C19H21NO2S/c1-22-17-9-3-14(4-10-17)13-20(16-7-8-16)19(21)15-5-11-18(23-2)12-6-15/h3-6,9-12,16H,7-8,13H2,1-2H3. The fourth-order valence-corrected chi connectivity index (χ4v) is 2.99. The van der Waals surface area contributed by atoms with E-state index in [2.05, 4.69) is 0 Å². The average molecular weight is 327 g/mol. The van der Waals surface area contributed by atoms with Crippen LogP contribution in [0.1, 0.15) is 28.8 Å². The number of hydrogen-bond donors (Lipinski definition) is 0. The van der Waals surface area contributed by atoms with Crippen molar-refractivity contribution in [3.05, 3.63) is 59.7 Å². The second-order valence-electron chi connectivity index (χ2n) is 5.74. The minimum absolute atomic E-state index is 0.121. The number of hydrogen-bond acceptors (Lipinski definition) is 3. The van der Waals surface area contributed by atoms with Gasteiger partial charge in [-0.05, 0) is 61.1 Å². The van der Waals surface area contributed by atoms with Crippen LogP contribution < -0.4 is 4.74 Å². The lowest BCUT2D eigenvalue weighted by atomic mass is 10.1. The molecule has 0 bridgehead atoms. The Kier molecular flexibility index (Phi) is 4.91. The van der Waals surface area contributed by atoms with E-state index < -0.39 is 0 Å². The Balaban J connectivity index is 1.75. The van der Waals surface area contributed by atoms with Crippen molar-refractivity contribution in [3.8, 4) is 5.75 Å². The molecule has 1 fully saturated rings. The van der Waals surface area contributed by atoms with E-state index in [1.165, 1.54) is 4.90 Å². The molecule has 4 heteroatoms. The smallest absolute Gasteiger partial charge is 0.254 e. The van der Waals surface area contributed by atoms with Crippen molar-refractivity contribution in [3.63, 3.8) is 0 Å². The summed E-state index contributed by atoms with van der Waals surface area (Å²) in [4.78, 5) is 16.0. The van der Waals surface area contributed by atoms with Crippen LogP contribution in [-0.2, 0) is 6.54 Å². The van der Waals surface area contributed by atoms with Gasteiger partial charge in [0.15, 0.2) is 0 Å². The van der Waals surface area contributed by atoms with Gasteiger partial charge in [-0.15, -0.1) is 11.8 Å². The zero-order valence-corrected chi connectivity index (χ0v) is 14.3. The topological polar surface area (TPSA) is 29.5 Å². The molecule has 3 nitrogen and oxygen atoms in total. The molecule has 1 saturated carbocycles. The zero-order chi connectivity index (χ0) is 16.2. The second-order valence-corrected chi connectivity index (χ2v) is 6.62. The lowest BCUT2D eigenvalue weighted by Crippen LogP contribution is -2.32. The first-order valence-electron chi connectivity index (χ1n) is 7.79. The molecule has 1 amide bonds. The molecule has 0 N–H and O–H groups in total. The first-order chi connectivity index (χ1) is 11.2. The first kappa shape index (κ1) is 15.9. The predicted octanol–water partition coefficient (Wildman–Crippen LogP) is 4.22. The van der Waals surface area contributed by atoms with Crippen LogP contribution in [0, 0.1) is 0 Å². The summed E-state index contributed by atoms with van der Waals surface area (Å²) in [5, 5.41) is 0. The third kappa shape index (κ3) is 3.88. The van der Waals surface area contributed by atoms with Gasteiger partial charge < -0.3 is 9.64 Å². The van der Waals surface area contributed by atoms with Crippen LogP contribution in [0.4, 0.5) is 0 Å². The molecule has 0 heterocycles. The highest BCUT2D eigenvalue weighted by Crippen LogP contribution is 2.30. The molecule has 2 aromatic rings. The number of carbonyl (C=O) groups excluding carboxylic acids is 1. The summed E-state index contributed by atoms with van der Waals surface area (Å²) in [6.45, 7) is 0.651. The molecule has 0 radical (unpaired) electrons. The second kappa shape index (κ2) is 7.09. The summed E-state index contributed by atoms with van der Waals surface area (Å²) in [5.41, 5.74) is 1.90. The third-order valence-corrected chi connectivity index (χ3v) is 4.84. The van der Waals surface area contributed by atoms with Crippen LogP contribution in [0.3, 0.4) is 0 Å². The maximum atomic E-state index is 12.8. The molecule has 1 aliphatic rings. The lowest BCUT2D eigenvalue weighted by Gasteiger charge is -2.23. The van der Waals surface area contributed by atoms with Gasteiger partial charge in [0.1, 0.15) is 5.75 Å². The van der Waals surface area contributed by atoms with Gasteiger partial charge in [-0.25, -0.2) is 0 Å². The number of amides is 1. The van der Waals surface area contributed by atoms with E-state index in [1.807, 2.05) is 59.7 Å². The zero-order valence-electron chi connectivity index (χ0n) is 13.5. The van der Waals surface area contributed by atoms with Crippen LogP contribution >= 0.6 is 11.8 Å². The van der Waals surface area contributed by atoms with Gasteiger partial charge in [-0.2, -0.15) is 0 Å². The van der Waals surface area contributed by atoms with E-state index in [-0.39, 0.29) is 5.91 Å². The molecule has 0 aromatic heterocycles.